The Labute approximate surface area is 93.0 Å². The standard InChI is InChI=1S/C12H24N2O/c1-5-6-10(13)11(15)14-8-9(2)7-12(14,3)4/h9-10H,5-8,13H2,1-4H3. The van der Waals surface area contributed by atoms with E-state index in [0.717, 1.165) is 25.8 Å². The summed E-state index contributed by atoms with van der Waals surface area (Å²) in [7, 11) is 0. The summed E-state index contributed by atoms with van der Waals surface area (Å²) in [6.45, 7) is 9.38. The van der Waals surface area contributed by atoms with E-state index in [9.17, 15) is 4.79 Å². The lowest BCUT2D eigenvalue weighted by Crippen LogP contribution is -2.50. The molecule has 88 valence electrons. The fraction of sp³-hybridized carbons (Fsp3) is 0.917. The topological polar surface area (TPSA) is 46.3 Å². The Morgan fingerprint density at radius 1 is 1.60 bits per heavy atom. The van der Waals surface area contributed by atoms with Gasteiger partial charge in [0.2, 0.25) is 5.91 Å². The SMILES string of the molecule is CCCC(N)C(=O)N1CC(C)CC1(C)C. The van der Waals surface area contributed by atoms with Gasteiger partial charge in [0.1, 0.15) is 0 Å². The van der Waals surface area contributed by atoms with Crippen LogP contribution in [-0.2, 0) is 4.79 Å². The molecule has 0 radical (unpaired) electrons. The molecule has 0 aromatic heterocycles. The second-order valence-electron chi connectivity index (χ2n) is 5.47. The van der Waals surface area contributed by atoms with Crippen molar-refractivity contribution >= 4 is 5.91 Å². The molecule has 1 heterocycles. The molecule has 1 aliphatic rings. The predicted molar refractivity (Wildman–Crippen MR) is 62.5 cm³/mol. The van der Waals surface area contributed by atoms with Gasteiger partial charge in [-0.3, -0.25) is 4.79 Å². The highest BCUT2D eigenvalue weighted by atomic mass is 16.2. The maximum atomic E-state index is 12.1. The summed E-state index contributed by atoms with van der Waals surface area (Å²) in [4.78, 5) is 14.1. The minimum absolute atomic E-state index is 0.0120. The Hall–Kier alpha value is -0.570. The van der Waals surface area contributed by atoms with E-state index in [1.807, 2.05) is 4.90 Å². The summed E-state index contributed by atoms with van der Waals surface area (Å²) in [6, 6.07) is -0.306. The first kappa shape index (κ1) is 12.5. The maximum absolute atomic E-state index is 12.1. The Morgan fingerprint density at radius 3 is 2.60 bits per heavy atom. The number of carbonyl (C=O) groups is 1. The first-order chi connectivity index (χ1) is 6.88. The molecule has 0 aromatic rings. The molecule has 3 nitrogen and oxygen atoms in total. The van der Waals surface area contributed by atoms with Crippen LogP contribution in [0.15, 0.2) is 0 Å². The predicted octanol–water partition coefficient (Wildman–Crippen LogP) is 1.76. The van der Waals surface area contributed by atoms with Crippen molar-refractivity contribution in [3.63, 3.8) is 0 Å². The third-order valence-corrected chi connectivity index (χ3v) is 3.26. The minimum Gasteiger partial charge on any atom is -0.336 e. The van der Waals surface area contributed by atoms with Gasteiger partial charge in [-0.05, 0) is 32.6 Å². The van der Waals surface area contributed by atoms with Crippen molar-refractivity contribution in [2.45, 2.75) is 58.5 Å². The highest BCUT2D eigenvalue weighted by molar-refractivity contribution is 5.82. The van der Waals surface area contributed by atoms with E-state index in [0.29, 0.717) is 5.92 Å². The molecular formula is C12H24N2O. The van der Waals surface area contributed by atoms with Gasteiger partial charge >= 0.3 is 0 Å². The van der Waals surface area contributed by atoms with Crippen molar-refractivity contribution in [2.75, 3.05) is 6.54 Å². The van der Waals surface area contributed by atoms with Gasteiger partial charge in [0.15, 0.2) is 0 Å². The number of carbonyl (C=O) groups excluding carboxylic acids is 1. The smallest absolute Gasteiger partial charge is 0.239 e. The van der Waals surface area contributed by atoms with Crippen molar-refractivity contribution in [2.24, 2.45) is 11.7 Å². The maximum Gasteiger partial charge on any atom is 0.239 e. The number of likely N-dealkylation sites (tertiary alicyclic amines) is 1. The molecule has 1 fully saturated rings. The normalized spacial score (nSPS) is 26.7. The van der Waals surface area contributed by atoms with Crippen LogP contribution >= 0.6 is 0 Å². The molecule has 2 N–H and O–H groups in total. The average molecular weight is 212 g/mol. The van der Waals surface area contributed by atoms with Crippen LogP contribution in [0.25, 0.3) is 0 Å². The quantitative estimate of drug-likeness (QED) is 0.775. The second-order valence-corrected chi connectivity index (χ2v) is 5.47. The zero-order chi connectivity index (χ0) is 11.6. The molecule has 2 atom stereocenters. The van der Waals surface area contributed by atoms with E-state index >= 15 is 0 Å². The first-order valence-electron chi connectivity index (χ1n) is 5.95. The highest BCUT2D eigenvalue weighted by Crippen LogP contribution is 2.32. The van der Waals surface area contributed by atoms with Gasteiger partial charge in [-0.1, -0.05) is 20.3 Å². The number of hydrogen-bond donors (Lipinski definition) is 1. The van der Waals surface area contributed by atoms with Gasteiger partial charge in [0.05, 0.1) is 6.04 Å². The Bertz CT molecular complexity index is 238. The van der Waals surface area contributed by atoms with Crippen molar-refractivity contribution in [1.82, 2.24) is 4.90 Å². The average Bonchev–Trinajstić information content (AvgIpc) is 2.38. The van der Waals surface area contributed by atoms with E-state index in [-0.39, 0.29) is 17.5 Å². The van der Waals surface area contributed by atoms with Gasteiger partial charge in [0, 0.05) is 12.1 Å². The van der Waals surface area contributed by atoms with Crippen molar-refractivity contribution in [3.8, 4) is 0 Å². The van der Waals surface area contributed by atoms with Crippen LogP contribution in [0.4, 0.5) is 0 Å². The molecule has 2 unspecified atom stereocenters. The molecule has 0 spiro atoms. The molecule has 1 amide bonds. The molecule has 1 rings (SSSR count). The van der Waals surface area contributed by atoms with E-state index in [4.69, 9.17) is 5.73 Å². The van der Waals surface area contributed by atoms with Crippen LogP contribution in [-0.4, -0.2) is 28.9 Å². The van der Waals surface area contributed by atoms with Crippen molar-refractivity contribution < 1.29 is 4.79 Å². The first-order valence-corrected chi connectivity index (χ1v) is 5.95. The van der Waals surface area contributed by atoms with Gasteiger partial charge in [-0.15, -0.1) is 0 Å². The van der Waals surface area contributed by atoms with Crippen LogP contribution in [0.1, 0.15) is 47.0 Å². The minimum atomic E-state index is -0.306. The highest BCUT2D eigenvalue weighted by Gasteiger charge is 2.40. The Morgan fingerprint density at radius 2 is 2.20 bits per heavy atom. The van der Waals surface area contributed by atoms with Crippen LogP contribution < -0.4 is 5.73 Å². The van der Waals surface area contributed by atoms with E-state index in [1.54, 1.807) is 0 Å². The van der Waals surface area contributed by atoms with Crippen LogP contribution in [0, 0.1) is 5.92 Å². The molecule has 1 aliphatic heterocycles. The number of amides is 1. The lowest BCUT2D eigenvalue weighted by molar-refractivity contribution is -0.136. The number of nitrogens with two attached hydrogens (primary N) is 1. The van der Waals surface area contributed by atoms with E-state index in [2.05, 4.69) is 27.7 Å². The number of rotatable bonds is 3. The summed E-state index contributed by atoms with van der Waals surface area (Å²) in [6.07, 6.45) is 2.84. The van der Waals surface area contributed by atoms with Crippen molar-refractivity contribution in [1.29, 1.82) is 0 Å². The number of hydrogen-bond acceptors (Lipinski definition) is 2. The summed E-state index contributed by atoms with van der Waals surface area (Å²) in [5.41, 5.74) is 5.87. The monoisotopic (exact) mass is 212 g/mol. The summed E-state index contributed by atoms with van der Waals surface area (Å²) in [5.74, 6) is 0.726. The number of nitrogens with zero attached hydrogens (tertiary/aromatic N) is 1. The largest absolute Gasteiger partial charge is 0.336 e. The van der Waals surface area contributed by atoms with Crippen LogP contribution in [0.2, 0.25) is 0 Å². The molecule has 1 saturated heterocycles. The Kier molecular flexibility index (Phi) is 3.77. The molecule has 0 saturated carbocycles. The lowest BCUT2D eigenvalue weighted by atomic mass is 9.97. The van der Waals surface area contributed by atoms with E-state index < -0.39 is 0 Å². The fourth-order valence-electron chi connectivity index (χ4n) is 2.61. The second kappa shape index (κ2) is 4.52. The van der Waals surface area contributed by atoms with Gasteiger partial charge in [0.25, 0.3) is 0 Å². The zero-order valence-corrected chi connectivity index (χ0v) is 10.4. The summed E-state index contributed by atoms with van der Waals surface area (Å²) < 4.78 is 0. The molecule has 15 heavy (non-hydrogen) atoms. The van der Waals surface area contributed by atoms with Gasteiger partial charge in [-0.25, -0.2) is 0 Å². The molecule has 3 heteroatoms. The summed E-state index contributed by atoms with van der Waals surface area (Å²) >= 11 is 0. The Balaban J connectivity index is 2.67. The van der Waals surface area contributed by atoms with Gasteiger partial charge in [-0.2, -0.15) is 0 Å². The fourth-order valence-corrected chi connectivity index (χ4v) is 2.61. The summed E-state index contributed by atoms with van der Waals surface area (Å²) in [5, 5.41) is 0. The molecule has 0 aliphatic carbocycles. The molecular weight excluding hydrogens is 188 g/mol. The zero-order valence-electron chi connectivity index (χ0n) is 10.4. The van der Waals surface area contributed by atoms with Gasteiger partial charge < -0.3 is 10.6 Å². The third-order valence-electron chi connectivity index (χ3n) is 3.26. The van der Waals surface area contributed by atoms with Crippen molar-refractivity contribution in [3.05, 3.63) is 0 Å². The lowest BCUT2D eigenvalue weighted by Gasteiger charge is -2.33. The van der Waals surface area contributed by atoms with Crippen LogP contribution in [0.3, 0.4) is 0 Å². The molecule has 0 bridgehead atoms. The van der Waals surface area contributed by atoms with Crippen LogP contribution in [0.5, 0.6) is 0 Å². The molecule has 0 aromatic carbocycles. The third kappa shape index (κ3) is 2.71. The van der Waals surface area contributed by atoms with E-state index in [1.165, 1.54) is 0 Å².